The van der Waals surface area contributed by atoms with Crippen molar-refractivity contribution in [2.24, 2.45) is 0 Å². The Morgan fingerprint density at radius 3 is 2.50 bits per heavy atom. The molecule has 0 spiro atoms. The van der Waals surface area contributed by atoms with Crippen LogP contribution < -0.4 is 4.90 Å². The lowest BCUT2D eigenvalue weighted by Crippen LogP contribution is -2.48. The van der Waals surface area contributed by atoms with Crippen LogP contribution in [0.3, 0.4) is 0 Å². The van der Waals surface area contributed by atoms with Gasteiger partial charge in [0.15, 0.2) is 15.0 Å². The zero-order chi connectivity index (χ0) is 19.9. The van der Waals surface area contributed by atoms with Crippen molar-refractivity contribution >= 4 is 65.0 Å². The second-order valence-corrected chi connectivity index (χ2v) is 10.8. The van der Waals surface area contributed by atoms with Gasteiger partial charge < -0.3 is 9.80 Å². The molecule has 1 aliphatic rings. The molecule has 28 heavy (non-hydrogen) atoms. The van der Waals surface area contributed by atoms with E-state index in [4.69, 9.17) is 0 Å². The minimum Gasteiger partial charge on any atom is -0.345 e. The van der Waals surface area contributed by atoms with E-state index in [0.29, 0.717) is 31.1 Å². The first kappa shape index (κ1) is 19.6. The molecular formula is C19H18IN3O3S2. The number of hydrogen-bond donors (Lipinski definition) is 0. The van der Waals surface area contributed by atoms with Gasteiger partial charge in [0.2, 0.25) is 0 Å². The summed E-state index contributed by atoms with van der Waals surface area (Å²) in [4.78, 5) is 21.8. The van der Waals surface area contributed by atoms with Crippen LogP contribution in [0.5, 0.6) is 0 Å². The van der Waals surface area contributed by atoms with Crippen molar-refractivity contribution in [1.82, 2.24) is 9.88 Å². The molecule has 0 radical (unpaired) electrons. The summed E-state index contributed by atoms with van der Waals surface area (Å²) in [6, 6.07) is 12.7. The first-order valence-electron chi connectivity index (χ1n) is 8.72. The number of piperazine rings is 1. The van der Waals surface area contributed by atoms with Crippen LogP contribution in [0.1, 0.15) is 10.4 Å². The first-order chi connectivity index (χ1) is 13.3. The molecule has 4 rings (SSSR count). The van der Waals surface area contributed by atoms with Crippen molar-refractivity contribution in [2.75, 3.05) is 37.3 Å². The summed E-state index contributed by atoms with van der Waals surface area (Å²) < 4.78 is 25.3. The number of carbonyl (C=O) groups excluding carboxylic acids is 1. The number of hydrogen-bond acceptors (Lipinski definition) is 6. The number of sulfone groups is 1. The molecule has 9 heteroatoms. The van der Waals surface area contributed by atoms with E-state index in [1.54, 1.807) is 18.2 Å². The number of aromatic nitrogens is 1. The molecule has 1 aliphatic heterocycles. The fraction of sp³-hybridized carbons (Fsp3) is 0.263. The van der Waals surface area contributed by atoms with E-state index in [9.17, 15) is 13.2 Å². The number of amides is 1. The largest absolute Gasteiger partial charge is 0.345 e. The average Bonchev–Trinajstić information content (AvgIpc) is 3.11. The van der Waals surface area contributed by atoms with Crippen LogP contribution in [-0.4, -0.2) is 56.6 Å². The summed E-state index contributed by atoms with van der Waals surface area (Å²) >= 11 is 3.68. The molecule has 3 aromatic rings. The summed E-state index contributed by atoms with van der Waals surface area (Å²) in [6.45, 7) is 2.67. The number of thiazole rings is 1. The number of anilines is 1. The summed E-state index contributed by atoms with van der Waals surface area (Å²) in [5, 5.41) is 0.863. The van der Waals surface area contributed by atoms with Gasteiger partial charge in [-0.15, -0.1) is 0 Å². The third kappa shape index (κ3) is 3.87. The molecule has 1 saturated heterocycles. The molecule has 0 bridgehead atoms. The molecule has 0 N–H and O–H groups in total. The topological polar surface area (TPSA) is 70.6 Å². The van der Waals surface area contributed by atoms with Gasteiger partial charge in [-0.25, -0.2) is 13.4 Å². The highest BCUT2D eigenvalue weighted by Crippen LogP contribution is 2.31. The van der Waals surface area contributed by atoms with Crippen LogP contribution in [0.25, 0.3) is 10.2 Å². The number of benzene rings is 2. The maximum absolute atomic E-state index is 12.8. The van der Waals surface area contributed by atoms with Crippen LogP contribution in [0.4, 0.5) is 5.13 Å². The monoisotopic (exact) mass is 527 g/mol. The molecular weight excluding hydrogens is 509 g/mol. The second kappa shape index (κ2) is 7.60. The molecule has 1 aromatic heterocycles. The molecule has 146 valence electrons. The Kier molecular flexibility index (Phi) is 5.32. The summed E-state index contributed by atoms with van der Waals surface area (Å²) in [5.41, 5.74) is 1.54. The van der Waals surface area contributed by atoms with E-state index in [0.717, 1.165) is 24.5 Å². The Labute approximate surface area is 181 Å². The van der Waals surface area contributed by atoms with Crippen LogP contribution >= 0.6 is 33.9 Å². The van der Waals surface area contributed by atoms with Crippen LogP contribution in [0.15, 0.2) is 47.4 Å². The summed E-state index contributed by atoms with van der Waals surface area (Å²) in [6.07, 6.45) is 1.21. The van der Waals surface area contributed by atoms with Gasteiger partial charge in [0.25, 0.3) is 5.91 Å². The Morgan fingerprint density at radius 1 is 1.11 bits per heavy atom. The number of halogens is 1. The Hall–Kier alpha value is -1.72. The summed E-state index contributed by atoms with van der Waals surface area (Å²) in [7, 11) is -3.24. The molecule has 0 saturated carbocycles. The predicted octanol–water partition coefficient (Wildman–Crippen LogP) is 3.27. The van der Waals surface area contributed by atoms with E-state index in [-0.39, 0.29) is 5.91 Å². The van der Waals surface area contributed by atoms with Crippen LogP contribution in [0.2, 0.25) is 0 Å². The lowest BCUT2D eigenvalue weighted by Gasteiger charge is -2.34. The molecule has 0 aliphatic carbocycles. The fourth-order valence-electron chi connectivity index (χ4n) is 3.16. The highest BCUT2D eigenvalue weighted by atomic mass is 127. The maximum Gasteiger partial charge on any atom is 0.255 e. The second-order valence-electron chi connectivity index (χ2n) is 6.66. The normalized spacial score (nSPS) is 15.2. The third-order valence-corrected chi connectivity index (χ3v) is 7.85. The van der Waals surface area contributed by atoms with Gasteiger partial charge in [-0.3, -0.25) is 4.79 Å². The minimum absolute atomic E-state index is 0.0618. The molecule has 1 amide bonds. The Bertz CT molecular complexity index is 1150. The number of nitrogens with zero attached hydrogens (tertiary/aromatic N) is 3. The minimum atomic E-state index is -3.24. The molecule has 6 nitrogen and oxygen atoms in total. The standard InChI is InChI=1S/C19H18IN3O3S2/c1-28(25,26)13-6-7-16-17(12-13)27-19(21-16)23-10-8-22(9-11-23)18(24)14-4-2-3-5-15(14)20/h2-7,12H,8-11H2,1H3. The van der Waals surface area contributed by atoms with Gasteiger partial charge in [-0.1, -0.05) is 23.5 Å². The van der Waals surface area contributed by atoms with E-state index in [1.807, 2.05) is 29.2 Å². The molecule has 2 aromatic carbocycles. The fourth-order valence-corrected chi connectivity index (χ4v) is 5.56. The SMILES string of the molecule is CS(=O)(=O)c1ccc2nc(N3CCN(C(=O)c4ccccc4I)CC3)sc2c1. The van der Waals surface area contributed by atoms with Crippen molar-refractivity contribution < 1.29 is 13.2 Å². The van der Waals surface area contributed by atoms with Crippen molar-refractivity contribution in [3.8, 4) is 0 Å². The van der Waals surface area contributed by atoms with Gasteiger partial charge in [-0.05, 0) is 52.9 Å². The molecule has 0 unspecified atom stereocenters. The Balaban J connectivity index is 1.49. The number of rotatable bonds is 3. The van der Waals surface area contributed by atoms with Crippen molar-refractivity contribution in [3.05, 3.63) is 51.6 Å². The van der Waals surface area contributed by atoms with E-state index < -0.39 is 9.84 Å². The molecule has 0 atom stereocenters. The number of carbonyl (C=O) groups is 1. The van der Waals surface area contributed by atoms with E-state index >= 15 is 0 Å². The van der Waals surface area contributed by atoms with E-state index in [1.165, 1.54) is 17.6 Å². The van der Waals surface area contributed by atoms with Crippen molar-refractivity contribution in [3.63, 3.8) is 0 Å². The smallest absolute Gasteiger partial charge is 0.255 e. The average molecular weight is 527 g/mol. The lowest BCUT2D eigenvalue weighted by molar-refractivity contribution is 0.0745. The zero-order valence-electron chi connectivity index (χ0n) is 15.1. The molecule has 1 fully saturated rings. The van der Waals surface area contributed by atoms with Gasteiger partial charge in [0.1, 0.15) is 0 Å². The van der Waals surface area contributed by atoms with Crippen LogP contribution in [-0.2, 0) is 9.84 Å². The summed E-state index contributed by atoms with van der Waals surface area (Å²) in [5.74, 6) is 0.0618. The Morgan fingerprint density at radius 2 is 1.82 bits per heavy atom. The van der Waals surface area contributed by atoms with Gasteiger partial charge in [0, 0.05) is 36.0 Å². The van der Waals surface area contributed by atoms with Gasteiger partial charge in [0.05, 0.1) is 20.7 Å². The van der Waals surface area contributed by atoms with Crippen molar-refractivity contribution in [1.29, 1.82) is 0 Å². The van der Waals surface area contributed by atoms with E-state index in [2.05, 4.69) is 32.5 Å². The number of fused-ring (bicyclic) bond motifs is 1. The maximum atomic E-state index is 12.8. The van der Waals surface area contributed by atoms with Gasteiger partial charge in [-0.2, -0.15) is 0 Å². The highest BCUT2D eigenvalue weighted by molar-refractivity contribution is 14.1. The van der Waals surface area contributed by atoms with Crippen molar-refractivity contribution in [2.45, 2.75) is 4.90 Å². The highest BCUT2D eigenvalue weighted by Gasteiger charge is 2.25. The first-order valence-corrected chi connectivity index (χ1v) is 12.5. The van der Waals surface area contributed by atoms with Crippen LogP contribution in [0, 0.1) is 3.57 Å². The quantitative estimate of drug-likeness (QED) is 0.490. The molecule has 2 heterocycles. The predicted molar refractivity (Wildman–Crippen MR) is 120 cm³/mol. The zero-order valence-corrected chi connectivity index (χ0v) is 18.9. The third-order valence-electron chi connectivity index (χ3n) is 4.72. The van der Waals surface area contributed by atoms with Gasteiger partial charge >= 0.3 is 0 Å². The lowest BCUT2D eigenvalue weighted by atomic mass is 10.2.